The summed E-state index contributed by atoms with van der Waals surface area (Å²) < 4.78 is 0.999. The van der Waals surface area contributed by atoms with Crippen LogP contribution in [-0.2, 0) is 11.3 Å². The molecule has 0 spiro atoms. The minimum atomic E-state index is -0.758. The fraction of sp³-hybridized carbons (Fsp3) is 0.176. The average Bonchev–Trinajstić information content (AvgIpc) is 2.51. The summed E-state index contributed by atoms with van der Waals surface area (Å²) in [6.07, 6.45) is 0. The van der Waals surface area contributed by atoms with E-state index in [1.807, 2.05) is 42.5 Å². The molecule has 1 atom stereocenters. The van der Waals surface area contributed by atoms with Crippen molar-refractivity contribution in [2.45, 2.75) is 12.5 Å². The van der Waals surface area contributed by atoms with E-state index in [9.17, 15) is 10.1 Å². The van der Waals surface area contributed by atoms with Crippen molar-refractivity contribution in [3.8, 4) is 6.07 Å². The van der Waals surface area contributed by atoms with Crippen LogP contribution < -0.4 is 0 Å². The Balaban J connectivity index is 2.11. The molecule has 0 aliphatic rings. The van der Waals surface area contributed by atoms with Crippen molar-refractivity contribution in [2.24, 2.45) is 0 Å². The molecule has 0 aliphatic carbocycles. The van der Waals surface area contributed by atoms with Crippen molar-refractivity contribution >= 4 is 21.8 Å². The van der Waals surface area contributed by atoms with Gasteiger partial charge >= 0.3 is 0 Å². The summed E-state index contributed by atoms with van der Waals surface area (Å²) in [5.74, 6) is -0.946. The fourth-order valence-electron chi connectivity index (χ4n) is 2.08. The highest BCUT2D eigenvalue weighted by molar-refractivity contribution is 9.10. The van der Waals surface area contributed by atoms with E-state index in [2.05, 4.69) is 22.0 Å². The quantitative estimate of drug-likeness (QED) is 0.849. The zero-order chi connectivity index (χ0) is 15.2. The highest BCUT2D eigenvalue weighted by Crippen LogP contribution is 2.19. The number of hydrogen-bond donors (Lipinski definition) is 0. The predicted octanol–water partition coefficient (Wildman–Crippen LogP) is 3.71. The zero-order valence-electron chi connectivity index (χ0n) is 11.7. The van der Waals surface area contributed by atoms with Gasteiger partial charge in [-0.15, -0.1) is 0 Å². The van der Waals surface area contributed by atoms with Gasteiger partial charge in [-0.3, -0.25) is 4.79 Å². The molecule has 2 aromatic carbocycles. The van der Waals surface area contributed by atoms with E-state index in [0.717, 1.165) is 15.6 Å². The molecule has 106 valence electrons. The van der Waals surface area contributed by atoms with E-state index in [0.29, 0.717) is 6.54 Å². The molecule has 0 heterocycles. The Morgan fingerprint density at radius 3 is 2.38 bits per heavy atom. The summed E-state index contributed by atoms with van der Waals surface area (Å²) in [6.45, 7) is 0.483. The van der Waals surface area contributed by atoms with Crippen molar-refractivity contribution in [2.75, 3.05) is 7.05 Å². The number of carbonyl (C=O) groups excluding carboxylic acids is 1. The minimum Gasteiger partial charge on any atom is -0.340 e. The first-order chi connectivity index (χ1) is 10.1. The highest BCUT2D eigenvalue weighted by atomic mass is 79.9. The van der Waals surface area contributed by atoms with Crippen LogP contribution in [0.4, 0.5) is 0 Å². The topological polar surface area (TPSA) is 44.1 Å². The lowest BCUT2D eigenvalue weighted by atomic mass is 9.99. The first kappa shape index (κ1) is 15.3. The number of benzene rings is 2. The summed E-state index contributed by atoms with van der Waals surface area (Å²) in [6, 6.07) is 19.0. The zero-order valence-corrected chi connectivity index (χ0v) is 13.2. The van der Waals surface area contributed by atoms with E-state index in [1.165, 1.54) is 0 Å². The maximum absolute atomic E-state index is 12.4. The van der Waals surface area contributed by atoms with Gasteiger partial charge in [-0.25, -0.2) is 0 Å². The Hall–Kier alpha value is -2.12. The summed E-state index contributed by atoms with van der Waals surface area (Å²) in [5, 5.41) is 9.30. The van der Waals surface area contributed by atoms with Crippen LogP contribution in [-0.4, -0.2) is 17.9 Å². The summed E-state index contributed by atoms with van der Waals surface area (Å²) in [5.41, 5.74) is 1.76. The molecule has 0 N–H and O–H groups in total. The van der Waals surface area contributed by atoms with Gasteiger partial charge in [-0.2, -0.15) is 5.26 Å². The Morgan fingerprint density at radius 1 is 1.19 bits per heavy atom. The first-order valence-corrected chi connectivity index (χ1v) is 7.35. The molecule has 0 aliphatic heterocycles. The summed E-state index contributed by atoms with van der Waals surface area (Å²) in [7, 11) is 1.72. The molecule has 2 rings (SSSR count). The molecule has 2 aromatic rings. The predicted molar refractivity (Wildman–Crippen MR) is 85.4 cm³/mol. The maximum Gasteiger partial charge on any atom is 0.244 e. The normalized spacial score (nSPS) is 11.5. The molecule has 1 amide bonds. The van der Waals surface area contributed by atoms with Crippen LogP contribution in [0.3, 0.4) is 0 Å². The third kappa shape index (κ3) is 3.93. The van der Waals surface area contributed by atoms with E-state index in [4.69, 9.17) is 0 Å². The molecule has 21 heavy (non-hydrogen) atoms. The number of hydrogen-bond acceptors (Lipinski definition) is 2. The molecule has 0 radical (unpaired) electrons. The van der Waals surface area contributed by atoms with Gasteiger partial charge < -0.3 is 4.90 Å². The highest BCUT2D eigenvalue weighted by Gasteiger charge is 2.23. The van der Waals surface area contributed by atoms with Crippen molar-refractivity contribution in [3.63, 3.8) is 0 Å². The average molecular weight is 343 g/mol. The molecule has 0 saturated carbocycles. The monoisotopic (exact) mass is 342 g/mol. The lowest BCUT2D eigenvalue weighted by molar-refractivity contribution is -0.130. The van der Waals surface area contributed by atoms with Gasteiger partial charge in [0.15, 0.2) is 0 Å². The smallest absolute Gasteiger partial charge is 0.244 e. The van der Waals surface area contributed by atoms with Crippen molar-refractivity contribution in [1.29, 1.82) is 5.26 Å². The molecular weight excluding hydrogens is 328 g/mol. The van der Waals surface area contributed by atoms with Crippen LogP contribution in [0, 0.1) is 11.3 Å². The van der Waals surface area contributed by atoms with E-state index >= 15 is 0 Å². The number of nitriles is 1. The Labute approximate surface area is 132 Å². The summed E-state index contributed by atoms with van der Waals surface area (Å²) >= 11 is 3.38. The van der Waals surface area contributed by atoms with Gasteiger partial charge in [0.1, 0.15) is 5.92 Å². The Morgan fingerprint density at radius 2 is 1.81 bits per heavy atom. The second-order valence-electron chi connectivity index (χ2n) is 4.79. The van der Waals surface area contributed by atoms with Gasteiger partial charge in [0.05, 0.1) is 6.07 Å². The van der Waals surface area contributed by atoms with Gasteiger partial charge in [0.25, 0.3) is 0 Å². The van der Waals surface area contributed by atoms with Crippen LogP contribution in [0.1, 0.15) is 17.0 Å². The van der Waals surface area contributed by atoms with E-state index in [1.54, 1.807) is 24.1 Å². The maximum atomic E-state index is 12.4. The number of rotatable bonds is 4. The van der Waals surface area contributed by atoms with Crippen LogP contribution in [0.15, 0.2) is 59.1 Å². The molecule has 0 saturated heterocycles. The number of halogens is 1. The number of likely N-dealkylation sites (N-methyl/N-ethyl adjacent to an activating group) is 1. The molecule has 1 unspecified atom stereocenters. The Kier molecular flexibility index (Phi) is 5.13. The number of carbonyl (C=O) groups is 1. The van der Waals surface area contributed by atoms with E-state index in [-0.39, 0.29) is 5.91 Å². The Bertz CT molecular complexity index is 647. The minimum absolute atomic E-state index is 0.188. The number of nitrogens with zero attached hydrogens (tertiary/aromatic N) is 2. The molecule has 0 fully saturated rings. The standard InChI is InChI=1S/C17H15BrN2O/c1-20(12-13-7-9-15(18)10-8-13)17(21)16(11-19)14-5-3-2-4-6-14/h2-10,16H,12H2,1H3. The third-order valence-corrected chi connectivity index (χ3v) is 3.75. The van der Waals surface area contributed by atoms with Gasteiger partial charge in [0.2, 0.25) is 5.91 Å². The molecule has 0 bridgehead atoms. The molecule has 4 heteroatoms. The summed E-state index contributed by atoms with van der Waals surface area (Å²) in [4.78, 5) is 14.0. The lowest BCUT2D eigenvalue weighted by Gasteiger charge is -2.20. The van der Waals surface area contributed by atoms with Crippen LogP contribution in [0.2, 0.25) is 0 Å². The van der Waals surface area contributed by atoms with Crippen molar-refractivity contribution in [1.82, 2.24) is 4.90 Å². The van der Waals surface area contributed by atoms with Crippen molar-refractivity contribution < 1.29 is 4.79 Å². The lowest BCUT2D eigenvalue weighted by Crippen LogP contribution is -2.30. The van der Waals surface area contributed by atoms with Gasteiger partial charge in [-0.1, -0.05) is 58.4 Å². The SMILES string of the molecule is CN(Cc1ccc(Br)cc1)C(=O)C(C#N)c1ccccc1. The van der Waals surface area contributed by atoms with E-state index < -0.39 is 5.92 Å². The second-order valence-corrected chi connectivity index (χ2v) is 5.71. The molecule has 0 aromatic heterocycles. The van der Waals surface area contributed by atoms with Crippen LogP contribution >= 0.6 is 15.9 Å². The molecular formula is C17H15BrN2O. The second kappa shape index (κ2) is 7.05. The van der Waals surface area contributed by atoms with Gasteiger partial charge in [-0.05, 0) is 23.3 Å². The third-order valence-electron chi connectivity index (χ3n) is 3.22. The fourth-order valence-corrected chi connectivity index (χ4v) is 2.34. The van der Waals surface area contributed by atoms with Crippen LogP contribution in [0.25, 0.3) is 0 Å². The molecule has 3 nitrogen and oxygen atoms in total. The number of amides is 1. The largest absolute Gasteiger partial charge is 0.340 e. The van der Waals surface area contributed by atoms with Crippen LogP contribution in [0.5, 0.6) is 0 Å². The first-order valence-electron chi connectivity index (χ1n) is 6.56. The van der Waals surface area contributed by atoms with Crippen molar-refractivity contribution in [3.05, 3.63) is 70.2 Å². The van der Waals surface area contributed by atoms with Gasteiger partial charge in [0, 0.05) is 18.1 Å².